The molecule has 15 heavy (non-hydrogen) atoms. The molecule has 2 aromatic carbocycles. The maximum atomic E-state index is 5.72. The van der Waals surface area contributed by atoms with Crippen molar-refractivity contribution in [3.63, 3.8) is 0 Å². The molecular formula is C13H12ClN. The molecule has 1 N–H and O–H groups in total. The maximum absolute atomic E-state index is 5.72. The van der Waals surface area contributed by atoms with Crippen LogP contribution in [0.1, 0.15) is 5.56 Å². The lowest BCUT2D eigenvalue weighted by atomic mass is 10.2. The van der Waals surface area contributed by atoms with Crippen molar-refractivity contribution in [2.45, 2.75) is 5.88 Å². The number of alkyl halides is 1. The first-order chi connectivity index (χ1) is 7.38. The molecule has 2 rings (SSSR count). The molecule has 0 radical (unpaired) electrons. The van der Waals surface area contributed by atoms with Crippen molar-refractivity contribution >= 4 is 23.0 Å². The fourth-order valence-corrected chi connectivity index (χ4v) is 1.54. The van der Waals surface area contributed by atoms with Gasteiger partial charge in [0.1, 0.15) is 0 Å². The average Bonchev–Trinajstić information content (AvgIpc) is 2.31. The standard InChI is InChI=1S/C13H12ClN/c14-10-11-6-8-13(9-7-11)15-12-4-2-1-3-5-12/h1-9,15H,10H2. The van der Waals surface area contributed by atoms with Gasteiger partial charge in [-0.05, 0) is 29.8 Å². The number of hydrogen-bond acceptors (Lipinski definition) is 1. The first-order valence-electron chi connectivity index (χ1n) is 4.85. The van der Waals surface area contributed by atoms with Gasteiger partial charge < -0.3 is 5.32 Å². The lowest BCUT2D eigenvalue weighted by Crippen LogP contribution is -1.89. The lowest BCUT2D eigenvalue weighted by Gasteiger charge is -2.06. The van der Waals surface area contributed by atoms with Crippen molar-refractivity contribution in [2.75, 3.05) is 5.32 Å². The minimum atomic E-state index is 0.561. The van der Waals surface area contributed by atoms with E-state index in [1.54, 1.807) is 0 Å². The summed E-state index contributed by atoms with van der Waals surface area (Å²) in [5, 5.41) is 3.31. The zero-order valence-electron chi connectivity index (χ0n) is 8.28. The van der Waals surface area contributed by atoms with E-state index in [0.29, 0.717) is 5.88 Å². The van der Waals surface area contributed by atoms with E-state index >= 15 is 0 Å². The average molecular weight is 218 g/mol. The van der Waals surface area contributed by atoms with Crippen molar-refractivity contribution in [2.24, 2.45) is 0 Å². The van der Waals surface area contributed by atoms with E-state index < -0.39 is 0 Å². The molecule has 0 saturated heterocycles. The molecule has 0 bridgehead atoms. The monoisotopic (exact) mass is 217 g/mol. The summed E-state index contributed by atoms with van der Waals surface area (Å²) in [6.45, 7) is 0. The van der Waals surface area contributed by atoms with Crippen molar-refractivity contribution in [3.05, 3.63) is 60.2 Å². The van der Waals surface area contributed by atoms with Crippen LogP contribution in [0, 0.1) is 0 Å². The van der Waals surface area contributed by atoms with E-state index in [2.05, 4.69) is 5.32 Å². The summed E-state index contributed by atoms with van der Waals surface area (Å²) in [5.74, 6) is 0.561. The minimum absolute atomic E-state index is 0.561. The summed E-state index contributed by atoms with van der Waals surface area (Å²) < 4.78 is 0. The van der Waals surface area contributed by atoms with Gasteiger partial charge in [-0.1, -0.05) is 30.3 Å². The molecular weight excluding hydrogens is 206 g/mol. The van der Waals surface area contributed by atoms with Gasteiger partial charge in [0.05, 0.1) is 0 Å². The van der Waals surface area contributed by atoms with Gasteiger partial charge in [0.15, 0.2) is 0 Å². The summed E-state index contributed by atoms with van der Waals surface area (Å²) in [4.78, 5) is 0. The molecule has 0 aliphatic heterocycles. The zero-order valence-corrected chi connectivity index (χ0v) is 9.04. The van der Waals surface area contributed by atoms with Crippen molar-refractivity contribution in [1.82, 2.24) is 0 Å². The summed E-state index contributed by atoms with van der Waals surface area (Å²) in [6.07, 6.45) is 0. The number of nitrogens with one attached hydrogen (secondary N) is 1. The number of rotatable bonds is 3. The van der Waals surface area contributed by atoms with Gasteiger partial charge in [0, 0.05) is 17.3 Å². The smallest absolute Gasteiger partial charge is 0.0474 e. The maximum Gasteiger partial charge on any atom is 0.0474 e. The molecule has 1 nitrogen and oxygen atoms in total. The van der Waals surface area contributed by atoms with Crippen molar-refractivity contribution < 1.29 is 0 Å². The molecule has 0 spiro atoms. The highest BCUT2D eigenvalue weighted by molar-refractivity contribution is 6.17. The Morgan fingerprint density at radius 2 is 1.40 bits per heavy atom. The molecule has 0 fully saturated rings. The second-order valence-corrected chi connectivity index (χ2v) is 3.59. The molecule has 0 amide bonds. The Bertz CT molecular complexity index is 408. The zero-order chi connectivity index (χ0) is 10.5. The predicted molar refractivity (Wildman–Crippen MR) is 65.7 cm³/mol. The van der Waals surface area contributed by atoms with Crippen LogP contribution in [0.3, 0.4) is 0 Å². The Morgan fingerprint density at radius 3 is 2.00 bits per heavy atom. The molecule has 0 heterocycles. The number of hydrogen-bond donors (Lipinski definition) is 1. The molecule has 0 aromatic heterocycles. The predicted octanol–water partition coefficient (Wildman–Crippen LogP) is 4.17. The van der Waals surface area contributed by atoms with Crippen molar-refractivity contribution in [3.8, 4) is 0 Å². The van der Waals surface area contributed by atoms with E-state index in [1.165, 1.54) is 0 Å². The van der Waals surface area contributed by atoms with E-state index in [-0.39, 0.29) is 0 Å². The molecule has 0 aliphatic rings. The number of anilines is 2. The highest BCUT2D eigenvalue weighted by atomic mass is 35.5. The quantitative estimate of drug-likeness (QED) is 0.761. The molecule has 76 valence electrons. The SMILES string of the molecule is ClCc1ccc(Nc2ccccc2)cc1. The van der Waals surface area contributed by atoms with Gasteiger partial charge in [-0.2, -0.15) is 0 Å². The topological polar surface area (TPSA) is 12.0 Å². The molecule has 2 aromatic rings. The first-order valence-corrected chi connectivity index (χ1v) is 5.39. The molecule has 2 heteroatoms. The van der Waals surface area contributed by atoms with Crippen molar-refractivity contribution in [1.29, 1.82) is 0 Å². The Labute approximate surface area is 94.7 Å². The second kappa shape index (κ2) is 4.85. The van der Waals surface area contributed by atoms with Gasteiger partial charge in [0.25, 0.3) is 0 Å². The summed E-state index contributed by atoms with van der Waals surface area (Å²) in [5.41, 5.74) is 3.31. The largest absolute Gasteiger partial charge is 0.356 e. The van der Waals surface area contributed by atoms with Crippen LogP contribution < -0.4 is 5.32 Å². The third-order valence-corrected chi connectivity index (χ3v) is 2.48. The number of halogens is 1. The highest BCUT2D eigenvalue weighted by Crippen LogP contribution is 2.16. The molecule has 0 saturated carbocycles. The third kappa shape index (κ3) is 2.74. The summed E-state index contributed by atoms with van der Waals surface area (Å²) >= 11 is 5.72. The van der Waals surface area contributed by atoms with Gasteiger partial charge >= 0.3 is 0 Å². The third-order valence-electron chi connectivity index (χ3n) is 2.17. The normalized spacial score (nSPS) is 9.93. The van der Waals surface area contributed by atoms with Crippen LogP contribution in [0.25, 0.3) is 0 Å². The fraction of sp³-hybridized carbons (Fsp3) is 0.0769. The van der Waals surface area contributed by atoms with Crippen LogP contribution in [0.4, 0.5) is 11.4 Å². The van der Waals surface area contributed by atoms with Gasteiger partial charge in [-0.3, -0.25) is 0 Å². The van der Waals surface area contributed by atoms with Crippen LogP contribution in [-0.4, -0.2) is 0 Å². The van der Waals surface area contributed by atoms with Crippen LogP contribution in [0.15, 0.2) is 54.6 Å². The van der Waals surface area contributed by atoms with E-state index in [1.807, 2.05) is 54.6 Å². The molecule has 0 unspecified atom stereocenters. The highest BCUT2D eigenvalue weighted by Gasteiger charge is 1.93. The number of para-hydroxylation sites is 1. The second-order valence-electron chi connectivity index (χ2n) is 3.32. The van der Waals surface area contributed by atoms with Crippen LogP contribution in [0.5, 0.6) is 0 Å². The van der Waals surface area contributed by atoms with Crippen LogP contribution >= 0.6 is 11.6 Å². The first kappa shape index (κ1) is 10.1. The summed E-state index contributed by atoms with van der Waals surface area (Å²) in [7, 11) is 0. The Kier molecular flexibility index (Phi) is 3.25. The lowest BCUT2D eigenvalue weighted by molar-refractivity contribution is 1.40. The van der Waals surface area contributed by atoms with Gasteiger partial charge in [0.2, 0.25) is 0 Å². The Balaban J connectivity index is 2.11. The molecule has 0 atom stereocenters. The van der Waals surface area contributed by atoms with Crippen LogP contribution in [0.2, 0.25) is 0 Å². The molecule has 0 aliphatic carbocycles. The van der Waals surface area contributed by atoms with Gasteiger partial charge in [-0.25, -0.2) is 0 Å². The van der Waals surface area contributed by atoms with Gasteiger partial charge in [-0.15, -0.1) is 11.6 Å². The van der Waals surface area contributed by atoms with E-state index in [9.17, 15) is 0 Å². The Hall–Kier alpha value is -1.47. The van der Waals surface area contributed by atoms with E-state index in [4.69, 9.17) is 11.6 Å². The number of benzene rings is 2. The summed E-state index contributed by atoms with van der Waals surface area (Å²) in [6, 6.07) is 18.2. The minimum Gasteiger partial charge on any atom is -0.356 e. The van der Waals surface area contributed by atoms with E-state index in [0.717, 1.165) is 16.9 Å². The van der Waals surface area contributed by atoms with Crippen LogP contribution in [-0.2, 0) is 5.88 Å². The Morgan fingerprint density at radius 1 is 0.800 bits per heavy atom. The fourth-order valence-electron chi connectivity index (χ4n) is 1.37.